The molecule has 3 amide bonds. The number of nitrogens with zero attached hydrogens (tertiary/aromatic N) is 3. The van der Waals surface area contributed by atoms with E-state index < -0.39 is 0 Å². The van der Waals surface area contributed by atoms with Crippen LogP contribution in [0.5, 0.6) is 11.5 Å². The van der Waals surface area contributed by atoms with Gasteiger partial charge in [0.05, 0.1) is 20.8 Å². The summed E-state index contributed by atoms with van der Waals surface area (Å²) in [7, 11) is 3.24. The number of thiophene rings is 1. The molecule has 1 aliphatic heterocycles. The van der Waals surface area contributed by atoms with Crippen molar-refractivity contribution in [1.82, 2.24) is 14.7 Å². The minimum absolute atomic E-state index is 0.0182. The van der Waals surface area contributed by atoms with Crippen molar-refractivity contribution >= 4 is 29.0 Å². The van der Waals surface area contributed by atoms with Crippen LogP contribution in [-0.2, 0) is 24.2 Å². The van der Waals surface area contributed by atoms with Crippen molar-refractivity contribution < 1.29 is 19.1 Å². The SMILES string of the molecule is CCc1ccccc1NC(=O)N(CCN1CCCC1)CC(=O)N(CCc1ccc(OC)c(OC)c1)Cc1sccc1C. The van der Waals surface area contributed by atoms with Gasteiger partial charge in [0.25, 0.3) is 0 Å². The van der Waals surface area contributed by atoms with E-state index in [1.807, 2.05) is 47.4 Å². The minimum Gasteiger partial charge on any atom is -0.493 e. The van der Waals surface area contributed by atoms with Gasteiger partial charge in [0.1, 0.15) is 6.54 Å². The standard InChI is InChI=1S/C33H44N4O4S/c1-5-27-10-6-7-11-28(27)34-33(39)37(20-19-35-16-8-9-17-35)24-32(38)36(23-31-25(2)15-21-42-31)18-14-26-12-13-29(40-3)30(22-26)41-4/h6-7,10-13,15,21-22H,5,8-9,14,16-20,23-24H2,1-4H3,(H,34,39). The molecule has 9 heteroatoms. The number of ether oxygens (including phenoxy) is 2. The number of likely N-dealkylation sites (tertiary alicyclic amines) is 1. The summed E-state index contributed by atoms with van der Waals surface area (Å²) in [4.78, 5) is 34.7. The molecule has 0 radical (unpaired) electrons. The molecule has 8 nitrogen and oxygen atoms in total. The van der Waals surface area contributed by atoms with Gasteiger partial charge in [-0.2, -0.15) is 0 Å². The van der Waals surface area contributed by atoms with E-state index in [2.05, 4.69) is 35.5 Å². The molecule has 0 bridgehead atoms. The third-order valence-electron chi connectivity index (χ3n) is 7.91. The van der Waals surface area contributed by atoms with Gasteiger partial charge in [0.2, 0.25) is 5.91 Å². The number of carbonyl (C=O) groups excluding carboxylic acids is 2. The number of amides is 3. The summed E-state index contributed by atoms with van der Waals surface area (Å²) in [6.07, 6.45) is 3.83. The first-order chi connectivity index (χ1) is 20.4. The molecule has 4 rings (SSSR count). The molecule has 3 aromatic rings. The van der Waals surface area contributed by atoms with E-state index in [1.54, 1.807) is 30.5 Å². The molecule has 0 spiro atoms. The molecular weight excluding hydrogens is 548 g/mol. The van der Waals surface area contributed by atoms with Gasteiger partial charge in [0, 0.05) is 30.2 Å². The molecule has 1 N–H and O–H groups in total. The zero-order chi connectivity index (χ0) is 29.9. The number of methoxy groups -OCH3 is 2. The fraction of sp³-hybridized carbons (Fsp3) is 0.455. The maximum absolute atomic E-state index is 14.0. The van der Waals surface area contributed by atoms with Crippen LogP contribution in [0.2, 0.25) is 0 Å². The highest BCUT2D eigenvalue weighted by molar-refractivity contribution is 7.10. The van der Waals surface area contributed by atoms with Gasteiger partial charge in [-0.3, -0.25) is 4.79 Å². The van der Waals surface area contributed by atoms with Gasteiger partial charge in [0.15, 0.2) is 11.5 Å². The molecule has 1 fully saturated rings. The van der Waals surface area contributed by atoms with E-state index in [1.165, 1.54) is 18.4 Å². The van der Waals surface area contributed by atoms with Crippen molar-refractivity contribution in [3.05, 3.63) is 75.5 Å². The highest BCUT2D eigenvalue weighted by Gasteiger charge is 2.24. The largest absolute Gasteiger partial charge is 0.493 e. The van der Waals surface area contributed by atoms with Crippen molar-refractivity contribution in [1.29, 1.82) is 0 Å². The van der Waals surface area contributed by atoms with E-state index in [0.29, 0.717) is 37.6 Å². The van der Waals surface area contributed by atoms with Crippen molar-refractivity contribution in [3.8, 4) is 11.5 Å². The molecule has 2 heterocycles. The second-order valence-corrected chi connectivity index (χ2v) is 11.7. The van der Waals surface area contributed by atoms with Crippen LogP contribution in [0, 0.1) is 6.92 Å². The Bertz CT molecular complexity index is 1320. The number of carbonyl (C=O) groups is 2. The van der Waals surface area contributed by atoms with E-state index >= 15 is 0 Å². The van der Waals surface area contributed by atoms with Gasteiger partial charge in [-0.25, -0.2) is 4.79 Å². The summed E-state index contributed by atoms with van der Waals surface area (Å²) < 4.78 is 10.9. The van der Waals surface area contributed by atoms with Crippen LogP contribution in [0.25, 0.3) is 0 Å². The first-order valence-corrected chi connectivity index (χ1v) is 15.7. The average Bonchev–Trinajstić information content (AvgIpc) is 3.68. The predicted octanol–water partition coefficient (Wildman–Crippen LogP) is 5.84. The van der Waals surface area contributed by atoms with Crippen LogP contribution in [0.3, 0.4) is 0 Å². The molecule has 0 saturated carbocycles. The fourth-order valence-electron chi connectivity index (χ4n) is 5.26. The van der Waals surface area contributed by atoms with Crippen molar-refractivity contribution in [2.24, 2.45) is 0 Å². The second-order valence-electron chi connectivity index (χ2n) is 10.7. The number of hydrogen-bond donors (Lipinski definition) is 1. The van der Waals surface area contributed by atoms with E-state index in [-0.39, 0.29) is 18.5 Å². The molecule has 2 aromatic carbocycles. The second kappa shape index (κ2) is 15.6. The normalized spacial score (nSPS) is 13.1. The van der Waals surface area contributed by atoms with Crippen LogP contribution in [0.4, 0.5) is 10.5 Å². The van der Waals surface area contributed by atoms with Gasteiger partial charge >= 0.3 is 6.03 Å². The Kier molecular flexibility index (Phi) is 11.7. The first kappa shape index (κ1) is 31.4. The number of rotatable bonds is 14. The number of anilines is 1. The van der Waals surface area contributed by atoms with Gasteiger partial charge in [-0.15, -0.1) is 11.3 Å². The summed E-state index contributed by atoms with van der Waals surface area (Å²) >= 11 is 1.66. The maximum Gasteiger partial charge on any atom is 0.322 e. The summed E-state index contributed by atoms with van der Waals surface area (Å²) in [6, 6.07) is 15.5. The Labute approximate surface area is 254 Å². The van der Waals surface area contributed by atoms with Crippen molar-refractivity contribution in [2.45, 2.75) is 46.1 Å². The Morgan fingerprint density at radius 2 is 1.74 bits per heavy atom. The number of hydrogen-bond acceptors (Lipinski definition) is 6. The molecule has 1 aliphatic rings. The minimum atomic E-state index is -0.240. The van der Waals surface area contributed by atoms with Crippen LogP contribution >= 0.6 is 11.3 Å². The summed E-state index contributed by atoms with van der Waals surface area (Å²) in [5, 5.41) is 5.15. The Morgan fingerprint density at radius 3 is 2.43 bits per heavy atom. The lowest BCUT2D eigenvalue weighted by Gasteiger charge is -2.29. The van der Waals surface area contributed by atoms with Crippen molar-refractivity contribution in [3.63, 3.8) is 0 Å². The third-order valence-corrected chi connectivity index (χ3v) is 8.92. The Balaban J connectivity index is 1.51. The Hall–Kier alpha value is -3.56. The molecule has 0 aliphatic carbocycles. The highest BCUT2D eigenvalue weighted by Crippen LogP contribution is 2.28. The maximum atomic E-state index is 14.0. The topological polar surface area (TPSA) is 74.4 Å². The number of benzene rings is 2. The monoisotopic (exact) mass is 592 g/mol. The number of para-hydroxylation sites is 1. The number of aryl methyl sites for hydroxylation is 2. The molecule has 1 saturated heterocycles. The first-order valence-electron chi connectivity index (χ1n) is 14.8. The zero-order valence-corrected chi connectivity index (χ0v) is 26.2. The molecule has 226 valence electrons. The average molecular weight is 593 g/mol. The van der Waals surface area contributed by atoms with Gasteiger partial charge < -0.3 is 29.5 Å². The predicted molar refractivity (Wildman–Crippen MR) is 170 cm³/mol. The third kappa shape index (κ3) is 8.49. The summed E-state index contributed by atoms with van der Waals surface area (Å²) in [5.41, 5.74) is 4.08. The van der Waals surface area contributed by atoms with E-state index in [0.717, 1.165) is 47.7 Å². The highest BCUT2D eigenvalue weighted by atomic mass is 32.1. The zero-order valence-electron chi connectivity index (χ0n) is 25.4. The van der Waals surface area contributed by atoms with Crippen LogP contribution in [0.1, 0.15) is 41.3 Å². The lowest BCUT2D eigenvalue weighted by molar-refractivity contribution is -0.132. The van der Waals surface area contributed by atoms with Gasteiger partial charge in [-0.1, -0.05) is 31.2 Å². The smallest absolute Gasteiger partial charge is 0.322 e. The molecule has 1 aromatic heterocycles. The van der Waals surface area contributed by atoms with Crippen LogP contribution < -0.4 is 14.8 Å². The number of nitrogens with one attached hydrogen (secondary N) is 1. The molecule has 0 unspecified atom stereocenters. The fourth-order valence-corrected chi connectivity index (χ4v) is 6.18. The van der Waals surface area contributed by atoms with Crippen LogP contribution in [-0.4, -0.2) is 80.1 Å². The van der Waals surface area contributed by atoms with E-state index in [4.69, 9.17) is 9.47 Å². The molecular formula is C33H44N4O4S. The van der Waals surface area contributed by atoms with Crippen molar-refractivity contribution in [2.75, 3.05) is 58.8 Å². The summed E-state index contributed by atoms with van der Waals surface area (Å²) in [6.45, 7) is 8.52. The van der Waals surface area contributed by atoms with Crippen LogP contribution in [0.15, 0.2) is 53.9 Å². The van der Waals surface area contributed by atoms with E-state index in [9.17, 15) is 9.59 Å². The lowest BCUT2D eigenvalue weighted by Crippen LogP contribution is -2.47. The van der Waals surface area contributed by atoms with Gasteiger partial charge in [-0.05, 0) is 92.0 Å². The number of urea groups is 1. The molecule has 0 atom stereocenters. The summed E-state index contributed by atoms with van der Waals surface area (Å²) in [5.74, 6) is 1.27. The Morgan fingerprint density at radius 1 is 0.976 bits per heavy atom. The lowest BCUT2D eigenvalue weighted by atomic mass is 10.1. The molecule has 42 heavy (non-hydrogen) atoms. The quantitative estimate of drug-likeness (QED) is 0.255.